The molecule has 1 fully saturated rings. The molecule has 2 aromatic carbocycles. The monoisotopic (exact) mass is 487 g/mol. The molecule has 6 nitrogen and oxygen atoms in total. The second-order valence-electron chi connectivity index (χ2n) is 8.17. The van der Waals surface area contributed by atoms with E-state index >= 15 is 0 Å². The van der Waals surface area contributed by atoms with Gasteiger partial charge < -0.3 is 19.4 Å². The van der Waals surface area contributed by atoms with Crippen molar-refractivity contribution in [3.05, 3.63) is 107 Å². The zero-order valence-electron chi connectivity index (χ0n) is 19.1. The maximum absolute atomic E-state index is 14.0. The lowest BCUT2D eigenvalue weighted by molar-refractivity contribution is 0.0601. The van der Waals surface area contributed by atoms with Crippen molar-refractivity contribution in [2.24, 2.45) is 0 Å². The predicted octanol–water partition coefficient (Wildman–Crippen LogP) is 5.75. The molecule has 176 valence electrons. The first-order valence-corrected chi connectivity index (χ1v) is 11.4. The number of hydrogen-bond donors (Lipinski definition) is 1. The lowest BCUT2D eigenvalue weighted by atomic mass is 10.0. The molecule has 5 rings (SSSR count). The standard InChI is InChI=1S/C27H22FN3O3S/c1-16-15-17(10-11-20(16)28)31-25(24(30-27(31)35)21-9-5-6-14-29-21)23-13-12-22(34-23)18-7-3-4-8-19(18)26(32)33-2/h3-15,24-25H,1-2H3,(H,30,35)/t24-,25+/m1/s1. The lowest BCUT2D eigenvalue weighted by Gasteiger charge is -2.26. The van der Waals surface area contributed by atoms with Gasteiger partial charge in [0, 0.05) is 17.4 Å². The fraction of sp³-hybridized carbons (Fsp3) is 0.148. The summed E-state index contributed by atoms with van der Waals surface area (Å²) in [4.78, 5) is 18.8. The number of furan rings is 1. The first-order chi connectivity index (χ1) is 17.0. The van der Waals surface area contributed by atoms with E-state index in [0.717, 1.165) is 11.4 Å². The number of carbonyl (C=O) groups is 1. The molecule has 8 heteroatoms. The molecule has 0 aliphatic carbocycles. The Morgan fingerprint density at radius 2 is 1.91 bits per heavy atom. The third kappa shape index (κ3) is 4.17. The first kappa shape index (κ1) is 22.7. The van der Waals surface area contributed by atoms with Gasteiger partial charge in [-0.25, -0.2) is 9.18 Å². The van der Waals surface area contributed by atoms with E-state index in [0.29, 0.717) is 33.3 Å². The number of nitrogens with one attached hydrogen (secondary N) is 1. The molecule has 1 aliphatic rings. The molecule has 0 spiro atoms. The number of anilines is 1. The Labute approximate surface area is 207 Å². The lowest BCUT2D eigenvalue weighted by Crippen LogP contribution is -2.29. The third-order valence-electron chi connectivity index (χ3n) is 6.03. The van der Waals surface area contributed by atoms with Crippen LogP contribution < -0.4 is 10.2 Å². The number of aryl methyl sites for hydroxylation is 1. The summed E-state index contributed by atoms with van der Waals surface area (Å²) in [5.74, 6) is 0.403. The minimum absolute atomic E-state index is 0.288. The molecule has 0 bridgehead atoms. The Hall–Kier alpha value is -4.04. The van der Waals surface area contributed by atoms with Crippen LogP contribution in [0.4, 0.5) is 10.1 Å². The maximum atomic E-state index is 14.0. The van der Waals surface area contributed by atoms with E-state index in [1.165, 1.54) is 13.2 Å². The quantitative estimate of drug-likeness (QED) is 0.284. The van der Waals surface area contributed by atoms with Crippen molar-refractivity contribution < 1.29 is 18.3 Å². The molecule has 4 aromatic rings. The van der Waals surface area contributed by atoms with Gasteiger partial charge in [0.25, 0.3) is 0 Å². The number of rotatable bonds is 5. The van der Waals surface area contributed by atoms with E-state index in [1.54, 1.807) is 37.4 Å². The Morgan fingerprint density at radius 3 is 2.66 bits per heavy atom. The first-order valence-electron chi connectivity index (χ1n) is 11.0. The highest BCUT2D eigenvalue weighted by atomic mass is 32.1. The van der Waals surface area contributed by atoms with E-state index in [1.807, 2.05) is 47.4 Å². The Kier molecular flexibility index (Phi) is 6.05. The fourth-order valence-electron chi connectivity index (χ4n) is 4.34. The number of methoxy groups -OCH3 is 1. The molecular weight excluding hydrogens is 465 g/mol. The van der Waals surface area contributed by atoms with Crippen molar-refractivity contribution in [2.75, 3.05) is 12.0 Å². The number of hydrogen-bond acceptors (Lipinski definition) is 5. The largest absolute Gasteiger partial charge is 0.465 e. The van der Waals surface area contributed by atoms with E-state index < -0.39 is 12.0 Å². The molecule has 1 N–H and O–H groups in total. The SMILES string of the molecule is COC(=O)c1ccccc1-c1ccc([C@H]2[C@@H](c3ccccn3)NC(=S)N2c2ccc(F)c(C)c2)o1. The van der Waals surface area contributed by atoms with Crippen molar-refractivity contribution in [2.45, 2.75) is 19.0 Å². The number of pyridine rings is 1. The zero-order valence-corrected chi connectivity index (χ0v) is 19.9. The number of thiocarbonyl (C=S) groups is 1. The molecule has 0 unspecified atom stereocenters. The number of carbonyl (C=O) groups excluding carboxylic acids is 1. The number of aromatic nitrogens is 1. The van der Waals surface area contributed by atoms with E-state index in [4.69, 9.17) is 21.4 Å². The van der Waals surface area contributed by atoms with Crippen molar-refractivity contribution in [1.29, 1.82) is 0 Å². The van der Waals surface area contributed by atoms with Crippen LogP contribution in [0.15, 0.2) is 83.4 Å². The van der Waals surface area contributed by atoms with Crippen molar-refractivity contribution in [3.63, 3.8) is 0 Å². The highest BCUT2D eigenvalue weighted by Gasteiger charge is 2.42. The zero-order chi connectivity index (χ0) is 24.5. The molecule has 3 heterocycles. The maximum Gasteiger partial charge on any atom is 0.338 e. The number of benzene rings is 2. The molecule has 35 heavy (non-hydrogen) atoms. The molecular formula is C27H22FN3O3S. The van der Waals surface area contributed by atoms with Crippen LogP contribution in [0.1, 0.15) is 39.5 Å². The van der Waals surface area contributed by atoms with Crippen molar-refractivity contribution in [3.8, 4) is 11.3 Å². The van der Waals surface area contributed by atoms with Gasteiger partial charge in [-0.05, 0) is 73.2 Å². The van der Waals surface area contributed by atoms with Crippen molar-refractivity contribution in [1.82, 2.24) is 10.3 Å². The van der Waals surface area contributed by atoms with E-state index in [-0.39, 0.29) is 11.9 Å². The highest BCUT2D eigenvalue weighted by Crippen LogP contribution is 2.43. The van der Waals surface area contributed by atoms with Gasteiger partial charge in [-0.3, -0.25) is 4.98 Å². The van der Waals surface area contributed by atoms with Crippen LogP contribution in [0.25, 0.3) is 11.3 Å². The van der Waals surface area contributed by atoms with Crippen LogP contribution in [-0.2, 0) is 4.74 Å². The van der Waals surface area contributed by atoms with Crippen LogP contribution in [0.5, 0.6) is 0 Å². The minimum Gasteiger partial charge on any atom is -0.465 e. The molecule has 1 aliphatic heterocycles. The predicted molar refractivity (Wildman–Crippen MR) is 135 cm³/mol. The highest BCUT2D eigenvalue weighted by molar-refractivity contribution is 7.80. The second-order valence-corrected chi connectivity index (χ2v) is 8.56. The summed E-state index contributed by atoms with van der Waals surface area (Å²) < 4.78 is 25.3. The topological polar surface area (TPSA) is 67.6 Å². The van der Waals surface area contributed by atoms with Crippen LogP contribution in [0.2, 0.25) is 0 Å². The fourth-order valence-corrected chi connectivity index (χ4v) is 4.69. The average Bonchev–Trinajstić information content (AvgIpc) is 3.50. The second kappa shape index (κ2) is 9.31. The smallest absolute Gasteiger partial charge is 0.338 e. The molecule has 0 amide bonds. The van der Waals surface area contributed by atoms with Gasteiger partial charge in [0.2, 0.25) is 0 Å². The summed E-state index contributed by atoms with van der Waals surface area (Å²) in [5, 5.41) is 3.83. The number of ether oxygens (including phenoxy) is 1. The van der Waals surface area contributed by atoms with Crippen LogP contribution in [-0.4, -0.2) is 23.2 Å². The Balaban J connectivity index is 1.62. The van der Waals surface area contributed by atoms with E-state index in [2.05, 4.69) is 10.3 Å². The molecule has 0 radical (unpaired) electrons. The molecule has 1 saturated heterocycles. The number of halogens is 1. The van der Waals surface area contributed by atoms with Gasteiger partial charge in [0.05, 0.1) is 24.4 Å². The normalized spacial score (nSPS) is 17.3. The number of nitrogens with zero attached hydrogens (tertiary/aromatic N) is 2. The molecule has 2 atom stereocenters. The van der Waals surface area contributed by atoms with Gasteiger partial charge in [-0.1, -0.05) is 24.3 Å². The Bertz CT molecular complexity index is 1410. The summed E-state index contributed by atoms with van der Waals surface area (Å²) in [7, 11) is 1.35. The van der Waals surface area contributed by atoms with Crippen LogP contribution >= 0.6 is 12.2 Å². The van der Waals surface area contributed by atoms with Gasteiger partial charge in [0.1, 0.15) is 23.4 Å². The molecule has 2 aromatic heterocycles. The summed E-state index contributed by atoms with van der Waals surface area (Å²) in [5.41, 5.74) is 3.06. The summed E-state index contributed by atoms with van der Waals surface area (Å²) in [6.45, 7) is 1.71. The van der Waals surface area contributed by atoms with Crippen LogP contribution in [0, 0.1) is 12.7 Å². The summed E-state index contributed by atoms with van der Waals surface area (Å²) in [6.07, 6.45) is 1.72. The van der Waals surface area contributed by atoms with Gasteiger partial charge in [0.15, 0.2) is 5.11 Å². The third-order valence-corrected chi connectivity index (χ3v) is 6.35. The van der Waals surface area contributed by atoms with Gasteiger partial charge >= 0.3 is 5.97 Å². The summed E-state index contributed by atoms with van der Waals surface area (Å²) >= 11 is 5.71. The average molecular weight is 488 g/mol. The minimum atomic E-state index is -0.447. The van der Waals surface area contributed by atoms with Gasteiger partial charge in [-0.15, -0.1) is 0 Å². The van der Waals surface area contributed by atoms with Gasteiger partial charge in [-0.2, -0.15) is 0 Å². The molecule has 0 saturated carbocycles. The van der Waals surface area contributed by atoms with Crippen molar-refractivity contribution >= 4 is 29.0 Å². The Morgan fingerprint density at radius 1 is 1.11 bits per heavy atom. The van der Waals surface area contributed by atoms with Crippen LogP contribution in [0.3, 0.4) is 0 Å². The van der Waals surface area contributed by atoms with E-state index in [9.17, 15) is 9.18 Å². The summed E-state index contributed by atoms with van der Waals surface area (Å²) in [6, 6.07) is 20.6. The number of esters is 1.